The molecule has 41 heavy (non-hydrogen) atoms. The van der Waals surface area contributed by atoms with E-state index in [0.717, 1.165) is 38.0 Å². The van der Waals surface area contributed by atoms with Gasteiger partial charge in [0.2, 0.25) is 0 Å². The van der Waals surface area contributed by atoms with Crippen LogP contribution in [0, 0.1) is 5.92 Å². The van der Waals surface area contributed by atoms with Gasteiger partial charge in [-0.15, -0.1) is 0 Å². The Morgan fingerprint density at radius 1 is 0.659 bits per heavy atom. The third kappa shape index (κ3) is 12.7. The van der Waals surface area contributed by atoms with Crippen molar-refractivity contribution >= 4 is 16.7 Å². The summed E-state index contributed by atoms with van der Waals surface area (Å²) in [7, 11) is 0. The van der Waals surface area contributed by atoms with Crippen molar-refractivity contribution in [2.45, 2.75) is 117 Å². The van der Waals surface area contributed by atoms with Crippen LogP contribution in [-0.4, -0.2) is 19.2 Å². The highest BCUT2D eigenvalue weighted by Gasteiger charge is 2.10. The summed E-state index contributed by atoms with van der Waals surface area (Å²) in [5, 5.41) is 2.47. The second-order valence-electron chi connectivity index (χ2n) is 11.9. The normalized spacial score (nSPS) is 12.0. The van der Waals surface area contributed by atoms with Gasteiger partial charge in [-0.1, -0.05) is 128 Å². The van der Waals surface area contributed by atoms with E-state index in [1.807, 2.05) is 12.1 Å². The number of carbonyl (C=O) groups is 1. The van der Waals surface area contributed by atoms with E-state index in [1.54, 1.807) is 0 Å². The highest BCUT2D eigenvalue weighted by atomic mass is 16.5. The molecule has 224 valence electrons. The minimum Gasteiger partial charge on any atom is -0.494 e. The van der Waals surface area contributed by atoms with Gasteiger partial charge in [-0.3, -0.25) is 0 Å². The fourth-order valence-corrected chi connectivity index (χ4v) is 5.34. The minimum absolute atomic E-state index is 0.215. The molecule has 0 spiro atoms. The first-order valence-electron chi connectivity index (χ1n) is 16.5. The molecule has 0 aliphatic heterocycles. The number of rotatable bonds is 21. The predicted octanol–water partition coefficient (Wildman–Crippen LogP) is 10.9. The number of unbranched alkanes of at least 4 members (excludes halogenated alkanes) is 10. The highest BCUT2D eigenvalue weighted by Crippen LogP contribution is 2.23. The Labute approximate surface area is 250 Å². The maximum absolute atomic E-state index is 12.5. The predicted molar refractivity (Wildman–Crippen MR) is 174 cm³/mol. The molecule has 0 fully saturated rings. The largest absolute Gasteiger partial charge is 0.494 e. The average molecular weight is 559 g/mol. The van der Waals surface area contributed by atoms with Gasteiger partial charge >= 0.3 is 5.97 Å². The van der Waals surface area contributed by atoms with Gasteiger partial charge in [-0.05, 0) is 77.8 Å². The molecular formula is C38H54O3. The monoisotopic (exact) mass is 558 g/mol. The van der Waals surface area contributed by atoms with Crippen molar-refractivity contribution < 1.29 is 14.3 Å². The van der Waals surface area contributed by atoms with E-state index >= 15 is 0 Å². The van der Waals surface area contributed by atoms with Crippen LogP contribution in [0.3, 0.4) is 0 Å². The molecule has 0 radical (unpaired) electrons. The third-order valence-corrected chi connectivity index (χ3v) is 8.08. The Balaban J connectivity index is 1.37. The summed E-state index contributed by atoms with van der Waals surface area (Å²) in [5.41, 5.74) is 3.19. The van der Waals surface area contributed by atoms with Crippen molar-refractivity contribution in [1.29, 1.82) is 0 Å². The lowest BCUT2D eigenvalue weighted by atomic mass is 10.0. The van der Waals surface area contributed by atoms with Crippen molar-refractivity contribution in [2.24, 2.45) is 5.92 Å². The van der Waals surface area contributed by atoms with Crippen molar-refractivity contribution in [3.05, 3.63) is 77.4 Å². The number of carbonyl (C=O) groups excluding carboxylic acids is 1. The third-order valence-electron chi connectivity index (χ3n) is 8.08. The molecule has 3 aromatic rings. The van der Waals surface area contributed by atoms with Crippen LogP contribution in [-0.2, 0) is 17.6 Å². The quantitative estimate of drug-likeness (QED) is 0.0963. The van der Waals surface area contributed by atoms with Crippen LogP contribution in [0.4, 0.5) is 0 Å². The van der Waals surface area contributed by atoms with E-state index in [-0.39, 0.29) is 5.97 Å². The smallest absolute Gasteiger partial charge is 0.338 e. The van der Waals surface area contributed by atoms with Gasteiger partial charge in [-0.25, -0.2) is 4.79 Å². The molecule has 0 heterocycles. The molecular weight excluding hydrogens is 504 g/mol. The van der Waals surface area contributed by atoms with Gasteiger partial charge in [0.15, 0.2) is 0 Å². The number of esters is 1. The van der Waals surface area contributed by atoms with Gasteiger partial charge in [-0.2, -0.15) is 0 Å². The Hall–Kier alpha value is -2.81. The highest BCUT2D eigenvalue weighted by molar-refractivity contribution is 5.89. The molecule has 3 heteroatoms. The number of fused-ring (bicyclic) bond motifs is 1. The van der Waals surface area contributed by atoms with E-state index in [9.17, 15) is 4.79 Å². The van der Waals surface area contributed by atoms with Gasteiger partial charge in [0.25, 0.3) is 0 Å². The standard InChI is InChI=1S/C38H54O3/c1-4-6-8-10-11-12-13-15-27-40-37-26-25-35-28-33(21-24-36(35)29-37)18-17-32-19-22-34(23-20-32)38(39)41-30-31(3)16-14-9-7-5-2/h19-26,28-29,31H,4-18,27,30H2,1-3H3/t31-/m1/s1. The minimum atomic E-state index is -0.215. The molecule has 3 aromatic carbocycles. The number of hydrogen-bond donors (Lipinski definition) is 0. The van der Waals surface area contributed by atoms with Crippen LogP contribution < -0.4 is 4.74 Å². The van der Waals surface area contributed by atoms with Crippen LogP contribution in [0.5, 0.6) is 5.75 Å². The maximum atomic E-state index is 12.5. The van der Waals surface area contributed by atoms with Gasteiger partial charge in [0.1, 0.15) is 5.75 Å². The summed E-state index contributed by atoms with van der Waals surface area (Å²) in [6.45, 7) is 7.96. The zero-order valence-corrected chi connectivity index (χ0v) is 26.1. The van der Waals surface area contributed by atoms with E-state index in [1.165, 1.54) is 92.5 Å². The molecule has 0 saturated heterocycles. The fourth-order valence-electron chi connectivity index (χ4n) is 5.34. The topological polar surface area (TPSA) is 35.5 Å². The summed E-state index contributed by atoms with van der Waals surface area (Å²) in [4.78, 5) is 12.5. The summed E-state index contributed by atoms with van der Waals surface area (Å²) >= 11 is 0. The first-order valence-corrected chi connectivity index (χ1v) is 16.5. The van der Waals surface area contributed by atoms with E-state index in [4.69, 9.17) is 9.47 Å². The molecule has 0 aliphatic rings. The summed E-state index contributed by atoms with van der Waals surface area (Å²) in [6.07, 6.45) is 18.6. The van der Waals surface area contributed by atoms with E-state index < -0.39 is 0 Å². The second kappa shape index (κ2) is 19.3. The van der Waals surface area contributed by atoms with E-state index in [2.05, 4.69) is 69.3 Å². The number of ether oxygens (including phenoxy) is 2. The molecule has 3 rings (SSSR count). The molecule has 0 aromatic heterocycles. The van der Waals surface area contributed by atoms with Crippen LogP contribution in [0.2, 0.25) is 0 Å². The summed E-state index contributed by atoms with van der Waals surface area (Å²) in [5.74, 6) is 1.16. The fraction of sp³-hybridized carbons (Fsp3) is 0.553. The summed E-state index contributed by atoms with van der Waals surface area (Å²) < 4.78 is 11.6. The number of hydrogen-bond acceptors (Lipinski definition) is 3. The van der Waals surface area contributed by atoms with Crippen molar-refractivity contribution in [2.75, 3.05) is 13.2 Å². The molecule has 1 atom stereocenters. The van der Waals surface area contributed by atoms with Crippen LogP contribution >= 0.6 is 0 Å². The first kappa shape index (κ1) is 32.7. The number of aryl methyl sites for hydroxylation is 2. The number of benzene rings is 3. The molecule has 0 saturated carbocycles. The van der Waals surface area contributed by atoms with Gasteiger partial charge < -0.3 is 9.47 Å². The van der Waals surface area contributed by atoms with Crippen LogP contribution in [0.25, 0.3) is 10.8 Å². The zero-order valence-electron chi connectivity index (χ0n) is 26.1. The molecule has 0 aliphatic carbocycles. The lowest BCUT2D eigenvalue weighted by Crippen LogP contribution is -2.12. The Kier molecular flexibility index (Phi) is 15.4. The van der Waals surface area contributed by atoms with E-state index in [0.29, 0.717) is 18.1 Å². The van der Waals surface area contributed by atoms with Gasteiger partial charge in [0, 0.05) is 0 Å². The Bertz CT molecular complexity index is 1130. The molecule has 3 nitrogen and oxygen atoms in total. The Morgan fingerprint density at radius 2 is 1.24 bits per heavy atom. The molecule has 0 amide bonds. The van der Waals surface area contributed by atoms with Gasteiger partial charge in [0.05, 0.1) is 18.8 Å². The SMILES string of the molecule is CCCCCCCCCCOc1ccc2cc(CCc3ccc(C(=O)OC[C@H](C)CCCCCC)cc3)ccc2c1. The molecule has 0 N–H and O–H groups in total. The maximum Gasteiger partial charge on any atom is 0.338 e. The first-order chi connectivity index (χ1) is 20.1. The zero-order chi connectivity index (χ0) is 29.1. The second-order valence-corrected chi connectivity index (χ2v) is 11.9. The van der Waals surface area contributed by atoms with Crippen LogP contribution in [0.15, 0.2) is 60.7 Å². The van der Waals surface area contributed by atoms with Crippen molar-refractivity contribution in [3.8, 4) is 5.75 Å². The van der Waals surface area contributed by atoms with Crippen molar-refractivity contribution in [3.63, 3.8) is 0 Å². The Morgan fingerprint density at radius 3 is 1.98 bits per heavy atom. The lowest BCUT2D eigenvalue weighted by Gasteiger charge is -2.12. The van der Waals surface area contributed by atoms with Crippen LogP contribution in [0.1, 0.15) is 126 Å². The van der Waals surface area contributed by atoms with Crippen molar-refractivity contribution in [1.82, 2.24) is 0 Å². The average Bonchev–Trinajstić information content (AvgIpc) is 3.00. The summed E-state index contributed by atoms with van der Waals surface area (Å²) in [6, 6.07) is 21.1. The lowest BCUT2D eigenvalue weighted by molar-refractivity contribution is 0.0442. The molecule has 0 unspecified atom stereocenters. The molecule has 0 bridgehead atoms.